The zero-order valence-electron chi connectivity index (χ0n) is 50.4. The van der Waals surface area contributed by atoms with Crippen LogP contribution in [0.4, 0.5) is 0 Å². The van der Waals surface area contributed by atoms with Gasteiger partial charge < -0.3 is 14.2 Å². The highest BCUT2D eigenvalue weighted by Crippen LogP contribution is 2.16. The third-order valence-corrected chi connectivity index (χ3v) is 13.8. The number of carbonyl (C=O) groups excluding carboxylic acids is 3. The molecular formula is C71H120O6. The van der Waals surface area contributed by atoms with E-state index in [1.165, 1.54) is 141 Å². The van der Waals surface area contributed by atoms with Gasteiger partial charge in [0.2, 0.25) is 0 Å². The zero-order chi connectivity index (χ0) is 55.7. The molecule has 6 nitrogen and oxygen atoms in total. The van der Waals surface area contributed by atoms with Crippen molar-refractivity contribution in [1.82, 2.24) is 0 Å². The highest BCUT2D eigenvalue weighted by atomic mass is 16.6. The van der Waals surface area contributed by atoms with Gasteiger partial charge in [-0.2, -0.15) is 0 Å². The first-order chi connectivity index (χ1) is 38.0. The molecular weight excluding hydrogens is 949 g/mol. The van der Waals surface area contributed by atoms with Crippen LogP contribution in [-0.4, -0.2) is 37.2 Å². The summed E-state index contributed by atoms with van der Waals surface area (Å²) < 4.78 is 16.9. The van der Waals surface area contributed by atoms with Crippen molar-refractivity contribution in [1.29, 1.82) is 0 Å². The van der Waals surface area contributed by atoms with Gasteiger partial charge in [-0.25, -0.2) is 0 Å². The number of allylic oxidation sites excluding steroid dienone is 18. The standard InChI is InChI=1S/C71H120O6/c1-4-7-10-13-16-19-22-25-28-31-33-34-35-36-38-40-43-46-49-52-55-58-61-64-70(73)76-67-68(66-75-69(72)63-60-57-54-51-48-45-42-39-30-27-24-21-18-15-12-9-6-3)77-71(74)65-62-59-56-53-50-47-44-41-37-32-29-26-23-20-17-14-11-8-5-2/h7-8,10-11,16-17,19-20,25-26,28-29,33-34,37,41,47,50,68H,4-6,9,12-15,18,21-24,27,30-32,35-36,38-40,42-46,48-49,51-67H2,1-3H3/b10-7-,11-8-,19-16-,20-17-,28-25-,29-26-,34-33-,41-37-,50-47-. The Bertz CT molecular complexity index is 1560. The van der Waals surface area contributed by atoms with Crippen molar-refractivity contribution in [2.45, 2.75) is 309 Å². The van der Waals surface area contributed by atoms with Gasteiger partial charge in [0.25, 0.3) is 0 Å². The topological polar surface area (TPSA) is 78.9 Å². The minimum absolute atomic E-state index is 0.0911. The van der Waals surface area contributed by atoms with Gasteiger partial charge in [-0.1, -0.05) is 291 Å². The van der Waals surface area contributed by atoms with Crippen LogP contribution in [0, 0.1) is 0 Å². The molecule has 77 heavy (non-hydrogen) atoms. The molecule has 0 bridgehead atoms. The van der Waals surface area contributed by atoms with Crippen molar-refractivity contribution in [3.8, 4) is 0 Å². The summed E-state index contributed by atoms with van der Waals surface area (Å²) >= 11 is 0. The fourth-order valence-electron chi connectivity index (χ4n) is 8.99. The van der Waals surface area contributed by atoms with E-state index in [-0.39, 0.29) is 37.5 Å². The van der Waals surface area contributed by atoms with Crippen LogP contribution in [0.15, 0.2) is 109 Å². The van der Waals surface area contributed by atoms with Gasteiger partial charge in [0.05, 0.1) is 0 Å². The minimum atomic E-state index is -0.799. The van der Waals surface area contributed by atoms with Crippen LogP contribution in [0.25, 0.3) is 0 Å². The summed E-state index contributed by atoms with van der Waals surface area (Å²) in [7, 11) is 0. The molecule has 0 fully saturated rings. The molecule has 0 aliphatic carbocycles. The SMILES string of the molecule is CC/C=C\C/C=C\C/C=C\C/C=C\C/C=C\CCCCCC(=O)OC(COC(=O)CCCCCCCCCCCC/C=C\C/C=C\C/C=C\C/C=C\CC)COC(=O)CCCCCCCCCCCCCCCCCCC. The molecule has 0 aliphatic heterocycles. The molecule has 0 aromatic rings. The number of unbranched alkanes of at least 4 members (excludes halogenated alkanes) is 29. The maximum atomic E-state index is 12.9. The molecule has 0 N–H and O–H groups in total. The summed E-state index contributed by atoms with van der Waals surface area (Å²) in [6, 6.07) is 0. The summed E-state index contributed by atoms with van der Waals surface area (Å²) in [5.74, 6) is -0.917. The molecule has 0 amide bonds. The van der Waals surface area contributed by atoms with Crippen LogP contribution in [0.3, 0.4) is 0 Å². The Morgan fingerprint density at radius 2 is 0.506 bits per heavy atom. The summed E-state index contributed by atoms with van der Waals surface area (Å²) in [6.45, 7) is 6.42. The van der Waals surface area contributed by atoms with E-state index in [1.807, 2.05) is 0 Å². The van der Waals surface area contributed by atoms with Crippen molar-refractivity contribution in [2.24, 2.45) is 0 Å². The molecule has 0 radical (unpaired) electrons. The summed E-state index contributed by atoms with van der Waals surface area (Å²) in [6.07, 6.45) is 88.0. The van der Waals surface area contributed by atoms with Crippen molar-refractivity contribution < 1.29 is 28.6 Å². The van der Waals surface area contributed by atoms with E-state index in [0.717, 1.165) is 122 Å². The molecule has 1 atom stereocenters. The average Bonchev–Trinajstić information content (AvgIpc) is 3.43. The van der Waals surface area contributed by atoms with Crippen molar-refractivity contribution >= 4 is 17.9 Å². The molecule has 1 unspecified atom stereocenters. The normalized spacial score (nSPS) is 12.8. The number of carbonyl (C=O) groups is 3. The second-order valence-electron chi connectivity index (χ2n) is 21.3. The lowest BCUT2D eigenvalue weighted by Crippen LogP contribution is -2.30. The van der Waals surface area contributed by atoms with E-state index in [0.29, 0.717) is 12.8 Å². The second-order valence-corrected chi connectivity index (χ2v) is 21.3. The van der Waals surface area contributed by atoms with E-state index in [4.69, 9.17) is 14.2 Å². The maximum absolute atomic E-state index is 12.9. The van der Waals surface area contributed by atoms with Crippen LogP contribution in [0.1, 0.15) is 303 Å². The highest BCUT2D eigenvalue weighted by molar-refractivity contribution is 5.71. The molecule has 0 aliphatic rings. The first-order valence-corrected chi connectivity index (χ1v) is 32.4. The molecule has 0 aromatic carbocycles. The zero-order valence-corrected chi connectivity index (χ0v) is 50.4. The van der Waals surface area contributed by atoms with Crippen LogP contribution in [-0.2, 0) is 28.6 Å². The average molecular weight is 1070 g/mol. The fraction of sp³-hybridized carbons (Fsp3) is 0.704. The summed E-state index contributed by atoms with van der Waals surface area (Å²) in [4.78, 5) is 38.4. The van der Waals surface area contributed by atoms with Crippen LogP contribution >= 0.6 is 0 Å². The Labute approximate surface area is 476 Å². The number of esters is 3. The maximum Gasteiger partial charge on any atom is 0.306 e. The first kappa shape index (κ1) is 73.1. The number of hydrogen-bond acceptors (Lipinski definition) is 6. The van der Waals surface area contributed by atoms with Gasteiger partial charge in [-0.3, -0.25) is 14.4 Å². The smallest absolute Gasteiger partial charge is 0.306 e. The predicted octanol–water partition coefficient (Wildman–Crippen LogP) is 22.2. The minimum Gasteiger partial charge on any atom is -0.462 e. The monoisotopic (exact) mass is 1070 g/mol. The van der Waals surface area contributed by atoms with Crippen LogP contribution < -0.4 is 0 Å². The van der Waals surface area contributed by atoms with Crippen molar-refractivity contribution in [2.75, 3.05) is 13.2 Å². The quantitative estimate of drug-likeness (QED) is 0.0261. The molecule has 0 saturated carbocycles. The van der Waals surface area contributed by atoms with Crippen LogP contribution in [0.5, 0.6) is 0 Å². The van der Waals surface area contributed by atoms with Gasteiger partial charge >= 0.3 is 17.9 Å². The summed E-state index contributed by atoms with van der Waals surface area (Å²) in [5, 5.41) is 0. The van der Waals surface area contributed by atoms with Crippen molar-refractivity contribution in [3.63, 3.8) is 0 Å². The largest absolute Gasteiger partial charge is 0.462 e. The fourth-order valence-corrected chi connectivity index (χ4v) is 8.99. The van der Waals surface area contributed by atoms with Crippen molar-refractivity contribution in [3.05, 3.63) is 109 Å². The van der Waals surface area contributed by atoms with Gasteiger partial charge in [-0.15, -0.1) is 0 Å². The lowest BCUT2D eigenvalue weighted by atomic mass is 10.0. The van der Waals surface area contributed by atoms with Gasteiger partial charge in [-0.05, 0) is 103 Å². The Kier molecular flexibility index (Phi) is 61.3. The van der Waals surface area contributed by atoms with Gasteiger partial charge in [0.15, 0.2) is 6.10 Å². The molecule has 0 spiro atoms. The third kappa shape index (κ3) is 62.8. The van der Waals surface area contributed by atoms with E-state index in [2.05, 4.69) is 130 Å². The predicted molar refractivity (Wildman–Crippen MR) is 334 cm³/mol. The lowest BCUT2D eigenvalue weighted by molar-refractivity contribution is -0.167. The molecule has 0 aromatic heterocycles. The van der Waals surface area contributed by atoms with Crippen LogP contribution in [0.2, 0.25) is 0 Å². The highest BCUT2D eigenvalue weighted by Gasteiger charge is 2.19. The number of hydrogen-bond donors (Lipinski definition) is 0. The summed E-state index contributed by atoms with van der Waals surface area (Å²) in [5.41, 5.74) is 0. The molecule has 440 valence electrons. The Morgan fingerprint density at radius 1 is 0.273 bits per heavy atom. The number of rotatable bonds is 58. The molecule has 0 rings (SSSR count). The van der Waals surface area contributed by atoms with E-state index >= 15 is 0 Å². The third-order valence-electron chi connectivity index (χ3n) is 13.8. The lowest BCUT2D eigenvalue weighted by Gasteiger charge is -2.18. The van der Waals surface area contributed by atoms with E-state index in [9.17, 15) is 14.4 Å². The molecule has 6 heteroatoms. The van der Waals surface area contributed by atoms with Gasteiger partial charge in [0, 0.05) is 19.3 Å². The van der Waals surface area contributed by atoms with E-state index in [1.54, 1.807) is 0 Å². The Hall–Kier alpha value is -3.93. The number of ether oxygens (including phenoxy) is 3. The second kappa shape index (κ2) is 64.6. The first-order valence-electron chi connectivity index (χ1n) is 32.4. The Balaban J connectivity index is 4.42. The Morgan fingerprint density at radius 3 is 0.805 bits per heavy atom. The van der Waals surface area contributed by atoms with E-state index < -0.39 is 6.10 Å². The molecule has 0 heterocycles. The van der Waals surface area contributed by atoms with Gasteiger partial charge in [0.1, 0.15) is 13.2 Å². The molecule has 0 saturated heterocycles.